The van der Waals surface area contributed by atoms with Crippen LogP contribution in [0.5, 0.6) is 5.75 Å². The van der Waals surface area contributed by atoms with E-state index in [0.29, 0.717) is 29.3 Å². The molecule has 1 aliphatic heterocycles. The normalized spacial score (nSPS) is 15.0. The number of carbonyl (C=O) groups is 2. The first-order chi connectivity index (χ1) is 13.8. The van der Waals surface area contributed by atoms with E-state index in [4.69, 9.17) is 16.3 Å². The molecule has 2 aromatic carbocycles. The van der Waals surface area contributed by atoms with Gasteiger partial charge in [-0.3, -0.25) is 4.79 Å². The molecule has 0 aromatic heterocycles. The third-order valence-corrected chi connectivity index (χ3v) is 5.04. The predicted octanol–water partition coefficient (Wildman–Crippen LogP) is 5.40. The summed E-state index contributed by atoms with van der Waals surface area (Å²) in [6.07, 6.45) is 2.59. The molecule has 3 rings (SSSR count). The van der Waals surface area contributed by atoms with Crippen LogP contribution in [-0.4, -0.2) is 29.3 Å². The maximum absolute atomic E-state index is 13.0. The van der Waals surface area contributed by atoms with Crippen molar-refractivity contribution in [1.82, 2.24) is 0 Å². The van der Waals surface area contributed by atoms with Crippen molar-refractivity contribution in [2.24, 2.45) is 5.10 Å². The summed E-state index contributed by atoms with van der Waals surface area (Å²) in [7, 11) is 0. The molecule has 0 saturated carbocycles. The second kappa shape index (κ2) is 8.80. The average molecular weight is 478 g/mol. The number of nitrogens with zero attached hydrogens (tertiary/aromatic N) is 2. The van der Waals surface area contributed by atoms with E-state index in [2.05, 4.69) is 21.0 Å². The molecule has 1 heterocycles. The molecule has 6 nitrogen and oxygen atoms in total. The second-order valence-corrected chi connectivity index (χ2v) is 7.68. The zero-order chi connectivity index (χ0) is 21.1. The van der Waals surface area contributed by atoms with Gasteiger partial charge >= 0.3 is 5.97 Å². The van der Waals surface area contributed by atoms with Gasteiger partial charge in [0.05, 0.1) is 34.2 Å². The first kappa shape index (κ1) is 21.1. The molecule has 0 atom stereocenters. The fourth-order valence-corrected chi connectivity index (χ4v) is 3.38. The van der Waals surface area contributed by atoms with E-state index in [1.165, 1.54) is 17.1 Å². The SMILES string of the molecule is CCCOc1ccc(Br)cc1/C=C1\C(=O)N(c2ccc(Cl)c(C(=O)O)c2)N=C1C. The number of hydrogen-bond acceptors (Lipinski definition) is 4. The van der Waals surface area contributed by atoms with E-state index in [1.54, 1.807) is 19.1 Å². The Balaban J connectivity index is 1.98. The standard InChI is InChI=1S/C21H18BrClN2O4/c1-3-8-29-19-7-4-14(22)9-13(19)10-16-12(2)24-25(20(16)26)15-5-6-18(23)17(11-15)21(27)28/h4-7,9-11H,3,8H2,1-2H3,(H,27,28)/b16-10-. The molecule has 0 spiro atoms. The van der Waals surface area contributed by atoms with Crippen molar-refractivity contribution in [1.29, 1.82) is 0 Å². The van der Waals surface area contributed by atoms with Crippen LogP contribution in [-0.2, 0) is 4.79 Å². The van der Waals surface area contributed by atoms with Crippen LogP contribution in [0.25, 0.3) is 6.08 Å². The van der Waals surface area contributed by atoms with Crippen LogP contribution >= 0.6 is 27.5 Å². The molecule has 0 bridgehead atoms. The third-order valence-electron chi connectivity index (χ3n) is 4.22. The monoisotopic (exact) mass is 476 g/mol. The first-order valence-electron chi connectivity index (χ1n) is 8.88. The van der Waals surface area contributed by atoms with Crippen molar-refractivity contribution >= 4 is 56.9 Å². The van der Waals surface area contributed by atoms with Crippen LogP contribution in [0.3, 0.4) is 0 Å². The number of rotatable bonds is 6. The van der Waals surface area contributed by atoms with Crippen LogP contribution in [0, 0.1) is 0 Å². The lowest BCUT2D eigenvalue weighted by Gasteiger charge is -2.13. The molecule has 0 fully saturated rings. The summed E-state index contributed by atoms with van der Waals surface area (Å²) >= 11 is 9.37. The van der Waals surface area contributed by atoms with Crippen LogP contribution in [0.1, 0.15) is 36.2 Å². The summed E-state index contributed by atoms with van der Waals surface area (Å²) in [5, 5.41) is 14.8. The lowest BCUT2D eigenvalue weighted by atomic mass is 10.1. The summed E-state index contributed by atoms with van der Waals surface area (Å²) in [6, 6.07) is 9.90. The number of anilines is 1. The largest absolute Gasteiger partial charge is 0.493 e. The summed E-state index contributed by atoms with van der Waals surface area (Å²) in [4.78, 5) is 24.3. The van der Waals surface area contributed by atoms with Crippen molar-refractivity contribution in [3.63, 3.8) is 0 Å². The van der Waals surface area contributed by atoms with Gasteiger partial charge in [-0.05, 0) is 55.8 Å². The molecule has 150 valence electrons. The molecular formula is C21H18BrClN2O4. The van der Waals surface area contributed by atoms with Crippen LogP contribution < -0.4 is 9.75 Å². The summed E-state index contributed by atoms with van der Waals surface area (Å²) < 4.78 is 6.63. The molecule has 1 aliphatic rings. The topological polar surface area (TPSA) is 79.2 Å². The molecule has 0 radical (unpaired) electrons. The number of halogens is 2. The van der Waals surface area contributed by atoms with Gasteiger partial charge in [-0.25, -0.2) is 4.79 Å². The highest BCUT2D eigenvalue weighted by molar-refractivity contribution is 9.10. The summed E-state index contributed by atoms with van der Waals surface area (Å²) in [5.74, 6) is -0.865. The number of ether oxygens (including phenoxy) is 1. The second-order valence-electron chi connectivity index (χ2n) is 6.36. The van der Waals surface area contributed by atoms with Crippen molar-refractivity contribution in [2.45, 2.75) is 20.3 Å². The van der Waals surface area contributed by atoms with Crippen LogP contribution in [0.15, 0.2) is 51.5 Å². The van der Waals surface area contributed by atoms with E-state index in [1.807, 2.05) is 25.1 Å². The quantitative estimate of drug-likeness (QED) is 0.565. The lowest BCUT2D eigenvalue weighted by Crippen LogP contribution is -2.21. The Bertz CT molecular complexity index is 1050. The Morgan fingerprint density at radius 3 is 2.76 bits per heavy atom. The minimum absolute atomic E-state index is 0.0931. The molecule has 0 unspecified atom stereocenters. The minimum atomic E-state index is -1.17. The highest BCUT2D eigenvalue weighted by atomic mass is 79.9. The molecule has 0 aliphatic carbocycles. The van der Waals surface area contributed by atoms with E-state index in [0.717, 1.165) is 16.5 Å². The molecule has 0 saturated heterocycles. The molecule has 8 heteroatoms. The number of aromatic carboxylic acids is 1. The van der Waals surface area contributed by atoms with Crippen molar-refractivity contribution in [3.05, 3.63) is 62.6 Å². The first-order valence-corrected chi connectivity index (χ1v) is 10.1. The van der Waals surface area contributed by atoms with Gasteiger partial charge in [0.1, 0.15) is 5.75 Å². The minimum Gasteiger partial charge on any atom is -0.493 e. The highest BCUT2D eigenvalue weighted by Crippen LogP contribution is 2.31. The summed E-state index contributed by atoms with van der Waals surface area (Å²) in [5.41, 5.74) is 1.90. The smallest absolute Gasteiger partial charge is 0.337 e. The fourth-order valence-electron chi connectivity index (χ4n) is 2.80. The molecule has 2 aromatic rings. The average Bonchev–Trinajstić information content (AvgIpc) is 2.96. The third kappa shape index (κ3) is 4.52. The van der Waals surface area contributed by atoms with Gasteiger partial charge in [0.25, 0.3) is 5.91 Å². The van der Waals surface area contributed by atoms with Crippen LogP contribution in [0.2, 0.25) is 5.02 Å². The highest BCUT2D eigenvalue weighted by Gasteiger charge is 2.29. The number of amides is 1. The lowest BCUT2D eigenvalue weighted by molar-refractivity contribution is -0.114. The van der Waals surface area contributed by atoms with Gasteiger partial charge in [0.15, 0.2) is 0 Å². The number of hydrazone groups is 1. The Kier molecular flexibility index (Phi) is 6.39. The van der Waals surface area contributed by atoms with E-state index in [9.17, 15) is 14.7 Å². The van der Waals surface area contributed by atoms with Crippen molar-refractivity contribution in [3.8, 4) is 5.75 Å². The van der Waals surface area contributed by atoms with Gasteiger partial charge in [-0.15, -0.1) is 0 Å². The Morgan fingerprint density at radius 1 is 1.31 bits per heavy atom. The molecular weight excluding hydrogens is 460 g/mol. The zero-order valence-corrected chi connectivity index (χ0v) is 18.1. The Morgan fingerprint density at radius 2 is 2.07 bits per heavy atom. The Hall–Kier alpha value is -2.64. The molecule has 1 amide bonds. The molecule has 1 N–H and O–H groups in total. The van der Waals surface area contributed by atoms with Crippen molar-refractivity contribution in [2.75, 3.05) is 11.6 Å². The number of hydrogen-bond donors (Lipinski definition) is 1. The van der Waals surface area contributed by atoms with Gasteiger partial charge in [-0.2, -0.15) is 10.1 Å². The van der Waals surface area contributed by atoms with Gasteiger partial charge < -0.3 is 9.84 Å². The number of benzene rings is 2. The zero-order valence-electron chi connectivity index (χ0n) is 15.8. The van der Waals surface area contributed by atoms with Gasteiger partial charge in [0.2, 0.25) is 0 Å². The maximum Gasteiger partial charge on any atom is 0.337 e. The van der Waals surface area contributed by atoms with E-state index >= 15 is 0 Å². The molecule has 29 heavy (non-hydrogen) atoms. The van der Waals surface area contributed by atoms with E-state index < -0.39 is 5.97 Å². The number of carboxylic acids is 1. The van der Waals surface area contributed by atoms with Gasteiger partial charge in [-0.1, -0.05) is 34.5 Å². The number of carboxylic acid groups (broad SMARTS) is 1. The fraction of sp³-hybridized carbons (Fsp3) is 0.190. The maximum atomic E-state index is 13.0. The van der Waals surface area contributed by atoms with Crippen molar-refractivity contribution < 1.29 is 19.4 Å². The van der Waals surface area contributed by atoms with E-state index in [-0.39, 0.29) is 16.5 Å². The Labute approximate surface area is 181 Å². The summed E-state index contributed by atoms with van der Waals surface area (Å²) in [6.45, 7) is 4.31. The van der Waals surface area contributed by atoms with Gasteiger partial charge in [0, 0.05) is 10.0 Å². The predicted molar refractivity (Wildman–Crippen MR) is 117 cm³/mol. The van der Waals surface area contributed by atoms with Crippen LogP contribution in [0.4, 0.5) is 5.69 Å². The number of carbonyl (C=O) groups excluding carboxylic acids is 1.